The quantitative estimate of drug-likeness (QED) is 0.115. The Hall–Kier alpha value is -5.14. The Morgan fingerprint density at radius 3 is 1.98 bits per heavy atom. The summed E-state index contributed by atoms with van der Waals surface area (Å²) in [4.78, 5) is 47.6. The summed E-state index contributed by atoms with van der Waals surface area (Å²) >= 11 is 2.33. The molecule has 1 N–H and O–H groups in total. The fraction of sp³-hybridized carbons (Fsp3) is 0.161. The molecule has 0 aliphatic rings. The van der Waals surface area contributed by atoms with Gasteiger partial charge >= 0.3 is 30.2 Å². The van der Waals surface area contributed by atoms with E-state index in [9.17, 15) is 62.7 Å². The lowest BCUT2D eigenvalue weighted by Crippen LogP contribution is -2.50. The largest absolute Gasteiger partial charge is 0.435 e. The van der Waals surface area contributed by atoms with Crippen LogP contribution in [0.25, 0.3) is 0 Å². The number of aromatic nitrogens is 1. The fourth-order valence-electron chi connectivity index (χ4n) is 4.39. The van der Waals surface area contributed by atoms with Crippen LogP contribution in [0.3, 0.4) is 0 Å². The van der Waals surface area contributed by atoms with Gasteiger partial charge < -0.3 is 10.2 Å². The maximum atomic E-state index is 16.0. The predicted octanol–water partition coefficient (Wildman–Crippen LogP) is 9.03. The second-order valence-corrected chi connectivity index (χ2v) is 11.1. The molecule has 4 aromatic rings. The van der Waals surface area contributed by atoms with Crippen molar-refractivity contribution in [3.05, 3.63) is 123 Å². The summed E-state index contributed by atoms with van der Waals surface area (Å²) in [5.74, 6) is -7.15. The molecule has 7 nitrogen and oxygen atoms in total. The van der Waals surface area contributed by atoms with Crippen molar-refractivity contribution in [1.29, 1.82) is 0 Å². The van der Waals surface area contributed by atoms with Crippen molar-refractivity contribution in [2.75, 3.05) is 10.4 Å². The van der Waals surface area contributed by atoms with Gasteiger partial charge in [-0.25, -0.2) is 18.6 Å². The van der Waals surface area contributed by atoms with Crippen LogP contribution in [0, 0.1) is 11.8 Å². The van der Waals surface area contributed by atoms with Crippen molar-refractivity contribution >= 4 is 45.1 Å². The number of anilines is 2. The first-order valence-corrected chi connectivity index (χ1v) is 14.4. The Balaban J connectivity index is 1.78. The first-order valence-electron chi connectivity index (χ1n) is 13.6. The molecule has 1 aromatic heterocycles. The van der Waals surface area contributed by atoms with E-state index in [2.05, 4.69) is 20.9 Å². The minimum absolute atomic E-state index is 0.0350. The Labute approximate surface area is 285 Å². The number of alkyl halides is 10. The van der Waals surface area contributed by atoms with E-state index in [-0.39, 0.29) is 11.1 Å². The number of amides is 2. The molecule has 0 aliphatic carbocycles. The van der Waals surface area contributed by atoms with Crippen LogP contribution < -0.4 is 10.4 Å². The third kappa shape index (κ3) is 8.10. The number of hydroxylamine groups is 1. The molecular weight excluding hydrogens is 786 g/mol. The fourth-order valence-corrected chi connectivity index (χ4v) is 4.95. The first-order chi connectivity index (χ1) is 23.6. The molecule has 0 spiro atoms. The van der Waals surface area contributed by atoms with E-state index in [4.69, 9.17) is 4.84 Å². The third-order valence-electron chi connectivity index (χ3n) is 6.80. The Morgan fingerprint density at radius 2 is 1.43 bits per heavy atom. The van der Waals surface area contributed by atoms with E-state index in [1.807, 2.05) is 0 Å². The molecule has 0 bridgehead atoms. The lowest BCUT2D eigenvalue weighted by Gasteiger charge is -2.31. The zero-order chi connectivity index (χ0) is 38.1. The average Bonchev–Trinajstić information content (AvgIpc) is 3.03. The molecule has 0 fully saturated rings. The van der Waals surface area contributed by atoms with Gasteiger partial charge in [0.2, 0.25) is 5.95 Å². The monoisotopic (exact) mass is 801 g/mol. The van der Waals surface area contributed by atoms with E-state index in [0.717, 1.165) is 24.3 Å². The van der Waals surface area contributed by atoms with Crippen molar-refractivity contribution in [2.24, 2.45) is 0 Å². The van der Waals surface area contributed by atoms with E-state index >= 15 is 4.39 Å². The lowest BCUT2D eigenvalue weighted by atomic mass is 9.92. The number of carbonyl (C=O) groups is 3. The number of pyridine rings is 1. The lowest BCUT2D eigenvalue weighted by molar-refractivity contribution is -0.348. The summed E-state index contributed by atoms with van der Waals surface area (Å²) in [7, 11) is 0. The molecule has 51 heavy (non-hydrogen) atoms. The molecule has 0 atom stereocenters. The number of nitrogens with one attached hydrogen (secondary N) is 1. The van der Waals surface area contributed by atoms with Crippen molar-refractivity contribution in [3.63, 3.8) is 0 Å². The Kier molecular flexibility index (Phi) is 10.8. The highest BCUT2D eigenvalue weighted by atomic mass is 79.9. The predicted molar refractivity (Wildman–Crippen MR) is 156 cm³/mol. The molecule has 0 saturated heterocycles. The minimum atomic E-state index is -6.79. The molecule has 2 amide bonds. The van der Waals surface area contributed by atoms with Crippen molar-refractivity contribution in [2.45, 2.75) is 30.6 Å². The van der Waals surface area contributed by atoms with Crippen LogP contribution in [0.1, 0.15) is 37.4 Å². The first kappa shape index (κ1) is 38.7. The average molecular weight is 802 g/mol. The SMILES string of the molecule is O=C(Cc1ccccc1)ON(C(=O)c1ccc(F)nc1)c1cccc(C(=O)Nc2c(Br)cc(C(F)(C(F)(F)F)C(F)(F)F)cc2C(F)(F)F)c1F. The number of halogens is 13. The molecule has 0 radical (unpaired) electrons. The van der Waals surface area contributed by atoms with Crippen LogP contribution in [-0.4, -0.2) is 35.1 Å². The van der Waals surface area contributed by atoms with Crippen LogP contribution in [0.15, 0.2) is 83.5 Å². The number of nitrogens with zero attached hydrogens (tertiary/aromatic N) is 2. The summed E-state index contributed by atoms with van der Waals surface area (Å²) < 4.78 is 165. The van der Waals surface area contributed by atoms with Crippen molar-refractivity contribution in [1.82, 2.24) is 4.98 Å². The van der Waals surface area contributed by atoms with Gasteiger partial charge in [-0.05, 0) is 57.9 Å². The summed E-state index contributed by atoms with van der Waals surface area (Å²) in [6.45, 7) is 0. The highest BCUT2D eigenvalue weighted by Gasteiger charge is 2.73. The number of hydrogen-bond donors (Lipinski definition) is 1. The van der Waals surface area contributed by atoms with Gasteiger partial charge in [0.05, 0.1) is 28.8 Å². The summed E-state index contributed by atoms with van der Waals surface area (Å²) in [5.41, 5.74) is -15.1. The number of benzene rings is 3. The van der Waals surface area contributed by atoms with Crippen LogP contribution in [0.5, 0.6) is 0 Å². The molecule has 270 valence electrons. The summed E-state index contributed by atoms with van der Waals surface area (Å²) in [5, 5.41) is 1.55. The molecule has 0 aliphatic heterocycles. The number of rotatable bonds is 7. The van der Waals surface area contributed by atoms with E-state index in [1.165, 1.54) is 17.4 Å². The molecule has 0 saturated carbocycles. The molecule has 4 rings (SSSR count). The maximum absolute atomic E-state index is 16.0. The van der Waals surface area contributed by atoms with Gasteiger partial charge in [0, 0.05) is 16.2 Å². The summed E-state index contributed by atoms with van der Waals surface area (Å²) in [6, 6.07) is 10.4. The molecular formula is C31H16BrF12N3O4. The second kappa shape index (κ2) is 14.2. The number of hydrogen-bond acceptors (Lipinski definition) is 5. The minimum Gasteiger partial charge on any atom is -0.332 e. The molecule has 3 aromatic carbocycles. The normalized spacial score (nSPS) is 12.3. The second-order valence-electron chi connectivity index (χ2n) is 10.2. The van der Waals surface area contributed by atoms with Gasteiger partial charge in [0.15, 0.2) is 5.82 Å². The molecule has 0 unspecified atom stereocenters. The Morgan fingerprint density at radius 1 is 0.804 bits per heavy atom. The number of carbonyl (C=O) groups excluding carboxylic acids is 3. The highest BCUT2D eigenvalue weighted by Crippen LogP contribution is 2.55. The molecule has 20 heteroatoms. The Bertz CT molecular complexity index is 1940. The van der Waals surface area contributed by atoms with Gasteiger partial charge in [-0.15, -0.1) is 5.06 Å². The van der Waals surface area contributed by atoms with Crippen molar-refractivity contribution in [3.8, 4) is 0 Å². The van der Waals surface area contributed by atoms with Gasteiger partial charge in [0.1, 0.15) is 5.69 Å². The van der Waals surface area contributed by atoms with E-state index in [0.29, 0.717) is 17.8 Å². The summed E-state index contributed by atoms with van der Waals surface area (Å²) in [6.07, 6.45) is -19.2. The highest BCUT2D eigenvalue weighted by molar-refractivity contribution is 9.10. The van der Waals surface area contributed by atoms with E-state index in [1.54, 1.807) is 18.2 Å². The van der Waals surface area contributed by atoms with Crippen LogP contribution in [-0.2, 0) is 27.9 Å². The van der Waals surface area contributed by atoms with Crippen molar-refractivity contribution < 1.29 is 71.9 Å². The zero-order valence-electron chi connectivity index (χ0n) is 24.7. The maximum Gasteiger partial charge on any atom is 0.435 e. The van der Waals surface area contributed by atoms with Gasteiger partial charge in [-0.1, -0.05) is 36.4 Å². The zero-order valence-corrected chi connectivity index (χ0v) is 26.2. The third-order valence-corrected chi connectivity index (χ3v) is 7.42. The van der Waals surface area contributed by atoms with Crippen LogP contribution in [0.4, 0.5) is 64.1 Å². The van der Waals surface area contributed by atoms with E-state index < -0.39 is 104 Å². The topological polar surface area (TPSA) is 88.6 Å². The van der Waals surface area contributed by atoms with Crippen LogP contribution in [0.2, 0.25) is 0 Å². The smallest absolute Gasteiger partial charge is 0.332 e. The van der Waals surface area contributed by atoms with Gasteiger partial charge in [-0.3, -0.25) is 9.59 Å². The van der Waals surface area contributed by atoms with Gasteiger partial charge in [-0.2, -0.15) is 43.9 Å². The standard InChI is InChI=1S/C31H16BrF12N3O4/c32-20-13-17(28(35,30(39,40)41)31(42,43)44)12-19(29(36,37)38)25(20)46-26(49)18-7-4-8-21(24(18)34)47(27(50)16-9-10-22(33)45-14-16)51-23(48)11-15-5-2-1-3-6-15/h1-10,12-14H,11H2,(H,46,49). The molecule has 1 heterocycles. The van der Waals surface area contributed by atoms with Crippen LogP contribution >= 0.6 is 15.9 Å². The van der Waals surface area contributed by atoms with Gasteiger partial charge in [0.25, 0.3) is 11.8 Å².